The molecule has 0 aliphatic rings. The van der Waals surface area contributed by atoms with E-state index in [0.29, 0.717) is 28.7 Å². The maximum absolute atomic E-state index is 11.5. The summed E-state index contributed by atoms with van der Waals surface area (Å²) in [6.45, 7) is 1.83. The van der Waals surface area contributed by atoms with Crippen molar-refractivity contribution in [2.75, 3.05) is 20.3 Å². The molecule has 7 heteroatoms. The molecule has 0 atom stereocenters. The summed E-state index contributed by atoms with van der Waals surface area (Å²) in [6, 6.07) is 15.2. The average molecular weight is 394 g/mol. The number of aromatic nitrogens is 1. The number of methoxy groups -OCH3 is 1. The number of rotatable bonds is 7. The second kappa shape index (κ2) is 9.02. The number of carbonyl (C=O) groups excluding carboxylic acids is 1. The largest absolute Gasteiger partial charge is 0.493 e. The Balaban J connectivity index is 1.85. The third-order valence-corrected chi connectivity index (χ3v) is 4.86. The van der Waals surface area contributed by atoms with E-state index in [0.717, 1.165) is 15.8 Å². The topological polar surface area (TPSA) is 81.4 Å². The van der Waals surface area contributed by atoms with Crippen molar-refractivity contribution in [2.45, 2.75) is 6.92 Å². The monoisotopic (exact) mass is 394 g/mol. The van der Waals surface area contributed by atoms with Crippen molar-refractivity contribution < 1.29 is 19.0 Å². The Labute approximate surface area is 166 Å². The van der Waals surface area contributed by atoms with E-state index in [2.05, 4.69) is 11.1 Å². The van der Waals surface area contributed by atoms with Crippen molar-refractivity contribution in [2.24, 2.45) is 0 Å². The molecule has 142 valence electrons. The number of benzene rings is 2. The lowest BCUT2D eigenvalue weighted by molar-refractivity contribution is -0.145. The molecule has 3 aromatic rings. The standard InChI is InChI=1S/C21H18N2O4S/c1-3-26-20(24)13-27-17-9-8-14(11-18(17)25-2)10-15(12-22)21-23-16-6-4-5-7-19(16)28-21/h4-11H,3,13H2,1-2H3/b15-10+. The Kier molecular flexibility index (Phi) is 6.25. The summed E-state index contributed by atoms with van der Waals surface area (Å²) in [6.07, 6.45) is 1.75. The van der Waals surface area contributed by atoms with Crippen molar-refractivity contribution in [1.82, 2.24) is 4.98 Å². The van der Waals surface area contributed by atoms with Crippen LogP contribution >= 0.6 is 11.3 Å². The Hall–Kier alpha value is -3.37. The second-order valence-corrected chi connectivity index (χ2v) is 6.69. The van der Waals surface area contributed by atoms with Crippen LogP contribution in [0.25, 0.3) is 21.9 Å². The number of allylic oxidation sites excluding steroid dienone is 1. The molecule has 0 amide bonds. The summed E-state index contributed by atoms with van der Waals surface area (Å²) >= 11 is 1.47. The molecular formula is C21H18N2O4S. The van der Waals surface area contributed by atoms with Crippen LogP contribution in [0.1, 0.15) is 17.5 Å². The van der Waals surface area contributed by atoms with Gasteiger partial charge in [-0.2, -0.15) is 5.26 Å². The van der Waals surface area contributed by atoms with Gasteiger partial charge in [-0.15, -0.1) is 11.3 Å². The van der Waals surface area contributed by atoms with E-state index in [-0.39, 0.29) is 6.61 Å². The Morgan fingerprint density at radius 3 is 2.79 bits per heavy atom. The summed E-state index contributed by atoms with van der Waals surface area (Å²) in [5.41, 5.74) is 2.09. The van der Waals surface area contributed by atoms with Gasteiger partial charge in [0.05, 0.1) is 29.5 Å². The smallest absolute Gasteiger partial charge is 0.344 e. The lowest BCUT2D eigenvalue weighted by Crippen LogP contribution is -2.14. The van der Waals surface area contributed by atoms with Gasteiger partial charge in [0.15, 0.2) is 18.1 Å². The van der Waals surface area contributed by atoms with E-state index in [1.165, 1.54) is 18.4 Å². The summed E-state index contributed by atoms with van der Waals surface area (Å²) in [5.74, 6) is 0.432. The SMILES string of the molecule is CCOC(=O)COc1ccc(/C=C(\C#N)c2nc3ccccc3s2)cc1OC. The molecule has 0 unspecified atom stereocenters. The van der Waals surface area contributed by atoms with E-state index in [4.69, 9.17) is 14.2 Å². The van der Waals surface area contributed by atoms with E-state index in [1.807, 2.05) is 24.3 Å². The summed E-state index contributed by atoms with van der Waals surface area (Å²) in [7, 11) is 1.51. The van der Waals surface area contributed by atoms with Crippen LogP contribution in [0.4, 0.5) is 0 Å². The molecule has 0 saturated carbocycles. The van der Waals surface area contributed by atoms with Crippen LogP contribution in [0.2, 0.25) is 0 Å². The number of esters is 1. The molecule has 0 saturated heterocycles. The minimum atomic E-state index is -0.448. The van der Waals surface area contributed by atoms with Crippen molar-refractivity contribution in [1.29, 1.82) is 5.26 Å². The number of fused-ring (bicyclic) bond motifs is 1. The minimum Gasteiger partial charge on any atom is -0.493 e. The van der Waals surface area contributed by atoms with Crippen molar-refractivity contribution in [3.63, 3.8) is 0 Å². The molecule has 1 heterocycles. The normalized spacial score (nSPS) is 11.1. The minimum absolute atomic E-state index is 0.200. The van der Waals surface area contributed by atoms with E-state index >= 15 is 0 Å². The molecule has 0 spiro atoms. The van der Waals surface area contributed by atoms with Crippen LogP contribution in [0.5, 0.6) is 11.5 Å². The highest BCUT2D eigenvalue weighted by Gasteiger charge is 2.11. The summed E-state index contributed by atoms with van der Waals surface area (Å²) in [4.78, 5) is 16.0. The summed E-state index contributed by atoms with van der Waals surface area (Å²) in [5, 5.41) is 10.2. The first kappa shape index (κ1) is 19.4. The number of thiazole rings is 1. The van der Waals surface area contributed by atoms with Crippen molar-refractivity contribution in [3.8, 4) is 17.6 Å². The molecule has 0 radical (unpaired) electrons. The van der Waals surface area contributed by atoms with Crippen LogP contribution < -0.4 is 9.47 Å². The zero-order valence-corrected chi connectivity index (χ0v) is 16.3. The van der Waals surface area contributed by atoms with Crippen molar-refractivity contribution >= 4 is 39.2 Å². The third-order valence-electron chi connectivity index (χ3n) is 3.79. The predicted molar refractivity (Wildman–Crippen MR) is 108 cm³/mol. The molecule has 0 aliphatic carbocycles. The van der Waals surface area contributed by atoms with Gasteiger partial charge in [-0.25, -0.2) is 9.78 Å². The molecule has 2 aromatic carbocycles. The second-order valence-electron chi connectivity index (χ2n) is 5.66. The Morgan fingerprint density at radius 1 is 1.25 bits per heavy atom. The zero-order chi connectivity index (χ0) is 19.9. The van der Waals surface area contributed by atoms with Gasteiger partial charge in [-0.3, -0.25) is 0 Å². The molecule has 0 bridgehead atoms. The average Bonchev–Trinajstić information content (AvgIpc) is 3.15. The fourth-order valence-corrected chi connectivity index (χ4v) is 3.46. The number of hydrogen-bond donors (Lipinski definition) is 0. The lowest BCUT2D eigenvalue weighted by atomic mass is 10.1. The highest BCUT2D eigenvalue weighted by Crippen LogP contribution is 2.31. The first-order chi connectivity index (χ1) is 13.6. The lowest BCUT2D eigenvalue weighted by Gasteiger charge is -2.11. The molecule has 3 rings (SSSR count). The quantitative estimate of drug-likeness (QED) is 0.439. The number of ether oxygens (including phenoxy) is 3. The first-order valence-electron chi connectivity index (χ1n) is 8.58. The van der Waals surface area contributed by atoms with Crippen LogP contribution in [-0.2, 0) is 9.53 Å². The van der Waals surface area contributed by atoms with Gasteiger partial charge in [-0.1, -0.05) is 18.2 Å². The fourth-order valence-electron chi connectivity index (χ4n) is 2.53. The molecule has 0 fully saturated rings. The molecule has 0 N–H and O–H groups in total. The van der Waals surface area contributed by atoms with E-state index < -0.39 is 5.97 Å². The fraction of sp³-hybridized carbons (Fsp3) is 0.190. The highest BCUT2D eigenvalue weighted by molar-refractivity contribution is 7.19. The number of hydrogen-bond acceptors (Lipinski definition) is 7. The van der Waals surface area contributed by atoms with Gasteiger partial charge < -0.3 is 14.2 Å². The Bertz CT molecular complexity index is 1030. The molecule has 6 nitrogen and oxygen atoms in total. The van der Waals surface area contributed by atoms with Crippen LogP contribution in [0.15, 0.2) is 42.5 Å². The molecule has 0 aliphatic heterocycles. The Morgan fingerprint density at radius 2 is 2.07 bits per heavy atom. The number of carbonyl (C=O) groups is 1. The third kappa shape index (κ3) is 4.48. The predicted octanol–water partition coefficient (Wildman–Crippen LogP) is 4.31. The maximum Gasteiger partial charge on any atom is 0.344 e. The van der Waals surface area contributed by atoms with E-state index in [1.54, 1.807) is 31.2 Å². The number of para-hydroxylation sites is 1. The van der Waals surface area contributed by atoms with Gasteiger partial charge in [0, 0.05) is 0 Å². The maximum atomic E-state index is 11.5. The van der Waals surface area contributed by atoms with Gasteiger partial charge in [0.2, 0.25) is 0 Å². The van der Waals surface area contributed by atoms with Crippen molar-refractivity contribution in [3.05, 3.63) is 53.0 Å². The number of nitriles is 1. The molecular weight excluding hydrogens is 376 g/mol. The molecule has 28 heavy (non-hydrogen) atoms. The van der Waals surface area contributed by atoms with Crippen LogP contribution in [0, 0.1) is 11.3 Å². The molecule has 1 aromatic heterocycles. The highest BCUT2D eigenvalue weighted by atomic mass is 32.1. The van der Waals surface area contributed by atoms with Crippen LogP contribution in [0.3, 0.4) is 0 Å². The van der Waals surface area contributed by atoms with Gasteiger partial charge >= 0.3 is 5.97 Å². The number of nitrogens with zero attached hydrogens (tertiary/aromatic N) is 2. The van der Waals surface area contributed by atoms with Gasteiger partial charge in [-0.05, 0) is 42.8 Å². The summed E-state index contributed by atoms with van der Waals surface area (Å²) < 4.78 is 16.7. The van der Waals surface area contributed by atoms with Gasteiger partial charge in [0.25, 0.3) is 0 Å². The van der Waals surface area contributed by atoms with E-state index in [9.17, 15) is 10.1 Å². The van der Waals surface area contributed by atoms with Crippen LogP contribution in [-0.4, -0.2) is 31.3 Å². The first-order valence-corrected chi connectivity index (χ1v) is 9.40. The van der Waals surface area contributed by atoms with Gasteiger partial charge in [0.1, 0.15) is 11.1 Å². The zero-order valence-electron chi connectivity index (χ0n) is 15.5.